The topological polar surface area (TPSA) is 75.4 Å². The molecule has 1 aromatic carbocycles. The Bertz CT molecular complexity index is 1010. The fraction of sp³-hybridized carbons (Fsp3) is 0.435. The fourth-order valence-corrected chi connectivity index (χ4v) is 4.32. The number of hydrogen-bond acceptors (Lipinski definition) is 5. The van der Waals surface area contributed by atoms with Crippen molar-refractivity contribution in [3.05, 3.63) is 59.2 Å². The number of Topliss-reactive ketones (excluding diaryl/α,β-unsaturated/α-hetero) is 1. The number of hydrogen-bond donors (Lipinski definition) is 2. The molecule has 2 heterocycles. The van der Waals surface area contributed by atoms with Crippen LogP contribution in [0.25, 0.3) is 6.08 Å². The van der Waals surface area contributed by atoms with Gasteiger partial charge in [-0.1, -0.05) is 18.2 Å². The monoisotopic (exact) mass is 479 g/mol. The minimum absolute atomic E-state index is 0. The molecular weight excluding hydrogens is 453 g/mol. The van der Waals surface area contributed by atoms with Crippen LogP contribution in [0.3, 0.4) is 0 Å². The molecule has 1 aliphatic heterocycles. The highest BCUT2D eigenvalue weighted by molar-refractivity contribution is 7.81. The van der Waals surface area contributed by atoms with Crippen LogP contribution in [0.5, 0.6) is 0 Å². The standard InChI is InChI=1S/C23H26FN3O3S.ClH/c24-19-4-2-1-3-18(19)22(23(30)15-5-6-15)26-10-8-20(31)16(14-26)13-17-7-11-27(25-17)12-9-21(28)29;/h1-4,7,11,13,15,20,22,31H,5-6,8-10,12,14H2,(H,28,29);1H/b16-13-;/t20-,22-;/m1./s1. The Hall–Kier alpha value is -2.16. The molecule has 32 heavy (non-hydrogen) atoms. The van der Waals surface area contributed by atoms with Crippen molar-refractivity contribution in [3.8, 4) is 0 Å². The molecule has 9 heteroatoms. The number of carbonyl (C=O) groups is 2. The van der Waals surface area contributed by atoms with Crippen LogP contribution in [0.1, 0.15) is 43.0 Å². The molecule has 0 radical (unpaired) electrons. The molecule has 0 amide bonds. The first-order valence-electron chi connectivity index (χ1n) is 10.6. The maximum atomic E-state index is 14.6. The van der Waals surface area contributed by atoms with E-state index >= 15 is 0 Å². The highest BCUT2D eigenvalue weighted by Gasteiger charge is 2.40. The minimum atomic E-state index is -0.867. The van der Waals surface area contributed by atoms with E-state index in [4.69, 9.17) is 17.7 Å². The van der Waals surface area contributed by atoms with Gasteiger partial charge in [-0.05, 0) is 43.0 Å². The third kappa shape index (κ3) is 5.79. The maximum absolute atomic E-state index is 14.6. The highest BCUT2D eigenvalue weighted by Crippen LogP contribution is 2.39. The zero-order valence-electron chi connectivity index (χ0n) is 17.6. The van der Waals surface area contributed by atoms with Gasteiger partial charge in [-0.2, -0.15) is 17.7 Å². The van der Waals surface area contributed by atoms with E-state index in [0.29, 0.717) is 25.2 Å². The Kier molecular flexibility index (Phi) is 8.14. The van der Waals surface area contributed by atoms with Gasteiger partial charge in [-0.25, -0.2) is 4.39 Å². The lowest BCUT2D eigenvalue weighted by Crippen LogP contribution is -2.42. The van der Waals surface area contributed by atoms with Gasteiger partial charge in [0.25, 0.3) is 0 Å². The number of nitrogens with zero attached hydrogens (tertiary/aromatic N) is 3. The van der Waals surface area contributed by atoms with E-state index in [9.17, 15) is 14.0 Å². The maximum Gasteiger partial charge on any atom is 0.305 e. The lowest BCUT2D eigenvalue weighted by atomic mass is 9.93. The van der Waals surface area contributed by atoms with Crippen LogP contribution in [-0.4, -0.2) is 49.9 Å². The predicted octanol–water partition coefficient (Wildman–Crippen LogP) is 4.03. The summed E-state index contributed by atoms with van der Waals surface area (Å²) in [5.74, 6) is -1.10. The van der Waals surface area contributed by atoms with E-state index in [1.165, 1.54) is 6.07 Å². The molecule has 0 unspecified atom stereocenters. The molecule has 1 aromatic heterocycles. The zero-order chi connectivity index (χ0) is 22.0. The SMILES string of the molecule is Cl.O=C(O)CCn1ccc(/C=C2/CN([C@@H](C(=O)C3CC3)c3ccccc3F)CC[C@H]2S)n1. The Balaban J connectivity index is 0.00000289. The number of benzene rings is 1. The average molecular weight is 480 g/mol. The molecule has 0 bridgehead atoms. The Morgan fingerprint density at radius 1 is 1.25 bits per heavy atom. The molecule has 1 saturated carbocycles. The summed E-state index contributed by atoms with van der Waals surface area (Å²) in [6.07, 6.45) is 6.21. The summed E-state index contributed by atoms with van der Waals surface area (Å²) < 4.78 is 16.2. The number of aliphatic carboxylic acids is 1. The average Bonchev–Trinajstić information content (AvgIpc) is 3.50. The molecule has 1 aliphatic carbocycles. The predicted molar refractivity (Wildman–Crippen MR) is 126 cm³/mol. The number of rotatable bonds is 8. The Morgan fingerprint density at radius 3 is 2.69 bits per heavy atom. The van der Waals surface area contributed by atoms with Crippen LogP contribution in [0, 0.1) is 11.7 Å². The zero-order valence-corrected chi connectivity index (χ0v) is 19.3. The summed E-state index contributed by atoms with van der Waals surface area (Å²) >= 11 is 4.72. The molecule has 1 saturated heterocycles. The highest BCUT2D eigenvalue weighted by atomic mass is 35.5. The van der Waals surface area contributed by atoms with E-state index < -0.39 is 12.0 Å². The Morgan fingerprint density at radius 2 is 2.00 bits per heavy atom. The number of piperidine rings is 1. The number of aromatic nitrogens is 2. The van der Waals surface area contributed by atoms with Gasteiger partial charge in [0, 0.05) is 36.0 Å². The van der Waals surface area contributed by atoms with Crippen molar-refractivity contribution in [1.82, 2.24) is 14.7 Å². The molecule has 2 aromatic rings. The van der Waals surface area contributed by atoms with Crippen molar-refractivity contribution < 1.29 is 19.1 Å². The molecule has 2 aliphatic rings. The molecule has 4 rings (SSSR count). The smallest absolute Gasteiger partial charge is 0.305 e. The van der Waals surface area contributed by atoms with Gasteiger partial charge in [0.2, 0.25) is 0 Å². The van der Waals surface area contributed by atoms with Crippen molar-refractivity contribution in [3.63, 3.8) is 0 Å². The largest absolute Gasteiger partial charge is 0.481 e. The van der Waals surface area contributed by atoms with Crippen LogP contribution < -0.4 is 0 Å². The van der Waals surface area contributed by atoms with E-state index in [1.807, 2.05) is 12.1 Å². The number of likely N-dealkylation sites (tertiary alicyclic amines) is 1. The molecule has 0 spiro atoms. The number of thiol groups is 1. The summed E-state index contributed by atoms with van der Waals surface area (Å²) in [4.78, 5) is 25.9. The third-order valence-electron chi connectivity index (χ3n) is 5.87. The Labute approximate surface area is 198 Å². The van der Waals surface area contributed by atoms with E-state index in [2.05, 4.69) is 10.00 Å². The van der Waals surface area contributed by atoms with Gasteiger partial charge in [-0.3, -0.25) is 19.2 Å². The minimum Gasteiger partial charge on any atom is -0.481 e. The number of ketones is 1. The summed E-state index contributed by atoms with van der Waals surface area (Å²) in [6, 6.07) is 7.78. The quantitative estimate of drug-likeness (QED) is 0.559. The molecule has 6 nitrogen and oxygen atoms in total. The van der Waals surface area contributed by atoms with Gasteiger partial charge in [0.15, 0.2) is 5.78 Å². The van der Waals surface area contributed by atoms with Crippen molar-refractivity contribution in [2.45, 2.75) is 43.5 Å². The number of carboxylic acids is 1. The lowest BCUT2D eigenvalue weighted by Gasteiger charge is -2.37. The van der Waals surface area contributed by atoms with Crippen LogP contribution in [0.15, 0.2) is 42.1 Å². The molecule has 2 atom stereocenters. The summed E-state index contributed by atoms with van der Waals surface area (Å²) in [6.45, 7) is 1.48. The van der Waals surface area contributed by atoms with Crippen LogP contribution in [-0.2, 0) is 16.1 Å². The fourth-order valence-electron chi connectivity index (χ4n) is 4.05. The lowest BCUT2D eigenvalue weighted by molar-refractivity contribution is -0.137. The van der Waals surface area contributed by atoms with Crippen LogP contribution in [0.2, 0.25) is 0 Å². The normalized spacial score (nSPS) is 21.2. The second-order valence-electron chi connectivity index (χ2n) is 8.24. The summed E-state index contributed by atoms with van der Waals surface area (Å²) in [5, 5.41) is 13.3. The second-order valence-corrected chi connectivity index (χ2v) is 8.87. The van der Waals surface area contributed by atoms with Crippen molar-refractivity contribution >= 4 is 42.9 Å². The van der Waals surface area contributed by atoms with Crippen LogP contribution >= 0.6 is 25.0 Å². The summed E-state index contributed by atoms with van der Waals surface area (Å²) in [5.41, 5.74) is 2.18. The van der Waals surface area contributed by atoms with Crippen molar-refractivity contribution in [2.24, 2.45) is 5.92 Å². The molecular formula is C23H27ClFN3O3S. The molecule has 172 valence electrons. The van der Waals surface area contributed by atoms with Crippen LogP contribution in [0.4, 0.5) is 4.39 Å². The van der Waals surface area contributed by atoms with Gasteiger partial charge in [0.1, 0.15) is 5.82 Å². The first-order valence-corrected chi connectivity index (χ1v) is 11.1. The van der Waals surface area contributed by atoms with Crippen molar-refractivity contribution in [2.75, 3.05) is 13.1 Å². The van der Waals surface area contributed by atoms with Gasteiger partial charge in [-0.15, -0.1) is 12.4 Å². The number of aryl methyl sites for hydroxylation is 1. The van der Waals surface area contributed by atoms with E-state index in [1.54, 1.807) is 29.1 Å². The van der Waals surface area contributed by atoms with Gasteiger partial charge >= 0.3 is 5.97 Å². The third-order valence-corrected chi connectivity index (χ3v) is 6.46. The van der Waals surface area contributed by atoms with Gasteiger partial charge < -0.3 is 5.11 Å². The van der Waals surface area contributed by atoms with Gasteiger partial charge in [0.05, 0.1) is 24.7 Å². The first-order chi connectivity index (χ1) is 14.9. The first kappa shape index (κ1) is 24.5. The van der Waals surface area contributed by atoms with Crippen molar-refractivity contribution in [1.29, 1.82) is 0 Å². The number of halogens is 2. The van der Waals surface area contributed by atoms with E-state index in [0.717, 1.165) is 30.5 Å². The van der Waals surface area contributed by atoms with E-state index in [-0.39, 0.29) is 41.6 Å². The molecule has 2 fully saturated rings. The summed E-state index contributed by atoms with van der Waals surface area (Å²) in [7, 11) is 0. The molecule has 1 N–H and O–H groups in total. The second kappa shape index (κ2) is 10.6. The number of carboxylic acid groups (broad SMARTS) is 1. The number of carbonyl (C=O) groups excluding carboxylic acids is 1.